The van der Waals surface area contributed by atoms with Crippen LogP contribution in [0.2, 0.25) is 0 Å². The molecule has 1 fully saturated rings. The van der Waals surface area contributed by atoms with Gasteiger partial charge in [0.2, 0.25) is 41.4 Å². The van der Waals surface area contributed by atoms with Gasteiger partial charge in [0.1, 0.15) is 18.1 Å². The molecule has 11 amide bonds. The van der Waals surface area contributed by atoms with Crippen LogP contribution in [0.1, 0.15) is 141 Å². The number of primary amides is 1. The molecular weight excluding hydrogens is 1190 g/mol. The number of imide groups is 1. The first-order chi connectivity index (χ1) is 42.4. The molecule has 0 aliphatic carbocycles. The molecule has 1 aromatic rings. The number of ether oxygens (including phenoxy) is 3. The monoisotopic (exact) mass is 1300 g/mol. The van der Waals surface area contributed by atoms with E-state index in [0.29, 0.717) is 32.2 Å². The van der Waals surface area contributed by atoms with Crippen molar-refractivity contribution < 1.29 is 70.6 Å². The molecule has 8 N–H and O–H groups in total. The largest absolute Gasteiger partial charge is 0.380 e. The highest BCUT2D eigenvalue weighted by molar-refractivity contribution is 7.90. The number of hydrogen-bond donors (Lipinski definition) is 7. The Kier molecular flexibility index (Phi) is 30.7. The van der Waals surface area contributed by atoms with Crippen molar-refractivity contribution in [3.63, 3.8) is 0 Å². The Morgan fingerprint density at radius 2 is 1.37 bits per heavy atom. The van der Waals surface area contributed by atoms with Crippen molar-refractivity contribution in [1.29, 1.82) is 0 Å². The normalized spacial score (nSPS) is 18.2. The molecule has 0 bridgehead atoms. The first kappa shape index (κ1) is 78.7. The number of sulfonamides is 1. The van der Waals surface area contributed by atoms with Crippen LogP contribution in [0.15, 0.2) is 41.3 Å². The highest BCUT2D eigenvalue weighted by Crippen LogP contribution is 2.32. The fraction of sp³-hybridized carbons (Fsp3) is 0.719. The van der Waals surface area contributed by atoms with Gasteiger partial charge in [0.05, 0.1) is 60.8 Å². The second kappa shape index (κ2) is 35.5. The molecule has 1 aromatic carbocycles. The van der Waals surface area contributed by atoms with Gasteiger partial charge in [-0.1, -0.05) is 96.4 Å². The number of nitrogens with two attached hydrogens (primary N) is 1. The second-order valence-corrected chi connectivity index (χ2v) is 28.5. The fourth-order valence-corrected chi connectivity index (χ4v) is 12.8. The average Bonchev–Trinajstić information content (AvgIpc) is 3.25. The summed E-state index contributed by atoms with van der Waals surface area (Å²) in [4.78, 5) is 140. The number of nitrogens with one attached hydrogen (secondary N) is 6. The Morgan fingerprint density at radius 3 is 1.89 bits per heavy atom. The molecule has 0 saturated carbocycles. The third-order valence-corrected chi connectivity index (χ3v) is 18.7. The highest BCUT2D eigenvalue weighted by Gasteiger charge is 2.44. The molecular formula is C64H107N11O15S. The predicted octanol–water partition coefficient (Wildman–Crippen LogP) is 3.93. The summed E-state index contributed by atoms with van der Waals surface area (Å²) in [5.41, 5.74) is 4.12. The summed E-state index contributed by atoms with van der Waals surface area (Å²) in [5, 5.41) is 13.7. The standard InChI is InChI=1S/C64H107N11O15S/c1-19-41(9)55(73(16)61(84)53(39(5)6)70-60(83)54(40(7)8)72(14)15)47(88-17)33-51(79)74-32-22-24-46(74)56(89-18)42(10)57(80)71-91(86,87)44-27-25-43(26-28-44)67-58(81)45(23-21-31-66-62(65)85)68-59(82)52(38(3)4)69-48(76)34-64(13,20-2)37-90-36-63(11,12)35-75-49(77)29-30-50(75)78/h25-30,38-42,45-47,52-56H,19-24,31-37H2,1-18H3,(H,67,81)(H,68,82)(H,69,76)(H,70,83)(H,71,80)(H3,65,66,85)/t41-,42+,45-,46-,47+,52-,53-,54-,55-,56+,64?/m0/s1. The zero-order chi connectivity index (χ0) is 69.0. The molecule has 2 heterocycles. The van der Waals surface area contributed by atoms with Crippen LogP contribution in [0.25, 0.3) is 0 Å². The van der Waals surface area contributed by atoms with Crippen molar-refractivity contribution >= 4 is 74.9 Å². The van der Waals surface area contributed by atoms with Crippen LogP contribution < -0.4 is 37.0 Å². The lowest BCUT2D eigenvalue weighted by Crippen LogP contribution is -2.59. The summed E-state index contributed by atoms with van der Waals surface area (Å²) in [7, 11) is 3.63. The minimum absolute atomic E-state index is 0.00567. The second-order valence-electron chi connectivity index (χ2n) is 26.8. The van der Waals surface area contributed by atoms with Gasteiger partial charge in [0, 0.05) is 70.6 Å². The quantitative estimate of drug-likeness (QED) is 0.0364. The number of nitrogens with zero attached hydrogens (tertiary/aromatic N) is 4. The van der Waals surface area contributed by atoms with E-state index < -0.39 is 123 Å². The van der Waals surface area contributed by atoms with Gasteiger partial charge in [-0.3, -0.25) is 53.0 Å². The van der Waals surface area contributed by atoms with Crippen LogP contribution in [0.4, 0.5) is 10.5 Å². The summed E-state index contributed by atoms with van der Waals surface area (Å²) < 4.78 is 47.8. The number of amides is 11. The number of urea groups is 1. The van der Waals surface area contributed by atoms with Crippen LogP contribution in [-0.2, 0) is 67.4 Å². The third-order valence-electron chi connectivity index (χ3n) is 17.4. The number of likely N-dealkylation sites (tertiary alicyclic amines) is 1. The van der Waals surface area contributed by atoms with Gasteiger partial charge in [0.15, 0.2) is 0 Å². The molecule has 1 saturated heterocycles. The Balaban J connectivity index is 1.73. The van der Waals surface area contributed by atoms with Crippen molar-refractivity contribution in [1.82, 2.24) is 45.6 Å². The molecule has 2 aliphatic heterocycles. The van der Waals surface area contributed by atoms with E-state index in [0.717, 1.165) is 4.90 Å². The lowest BCUT2D eigenvalue weighted by molar-refractivity contribution is -0.148. The number of carbonyl (C=O) groups is 10. The van der Waals surface area contributed by atoms with Gasteiger partial charge in [0.25, 0.3) is 21.8 Å². The Labute approximate surface area is 539 Å². The number of likely N-dealkylation sites (N-methyl/N-ethyl adjacent to an activating group) is 2. The van der Waals surface area contributed by atoms with Crippen molar-refractivity contribution in [2.75, 3.05) is 73.5 Å². The first-order valence-electron chi connectivity index (χ1n) is 31.7. The average molecular weight is 1300 g/mol. The van der Waals surface area contributed by atoms with Crippen molar-refractivity contribution in [2.24, 2.45) is 46.2 Å². The summed E-state index contributed by atoms with van der Waals surface area (Å²) in [6.45, 7) is 24.9. The van der Waals surface area contributed by atoms with Gasteiger partial charge < -0.3 is 56.3 Å². The maximum Gasteiger partial charge on any atom is 0.312 e. The van der Waals surface area contributed by atoms with E-state index in [1.54, 1.807) is 30.7 Å². The maximum absolute atomic E-state index is 14.5. The SMILES string of the molecule is CC[C@H](C)[C@@H]([C@@H](CC(=O)N1CCC[C@H]1[C@H](OC)[C@@H](C)C(=O)NS(=O)(=O)c1ccc(NC(=O)[C@H](CCCNC(N)=O)NC(=O)[C@@H](NC(=O)CC(C)(CC)COCC(C)(C)CN2C(=O)C=CC2=O)C(C)C)cc1)OC)N(C)C(=O)[C@@H](NC(=O)[C@H](C(C)C)N(C)C)C(C)C. The molecule has 26 nitrogen and oxygen atoms in total. The number of benzene rings is 1. The van der Waals surface area contributed by atoms with Crippen LogP contribution >= 0.6 is 0 Å². The third kappa shape index (κ3) is 22.9. The van der Waals surface area contributed by atoms with Crippen molar-refractivity contribution in [3.05, 3.63) is 36.4 Å². The van der Waals surface area contributed by atoms with Crippen molar-refractivity contribution in [3.8, 4) is 0 Å². The predicted molar refractivity (Wildman–Crippen MR) is 345 cm³/mol. The van der Waals surface area contributed by atoms with Crippen LogP contribution in [0.3, 0.4) is 0 Å². The van der Waals surface area contributed by atoms with E-state index in [4.69, 9.17) is 19.9 Å². The van der Waals surface area contributed by atoms with E-state index in [-0.39, 0.29) is 98.0 Å². The van der Waals surface area contributed by atoms with Gasteiger partial charge in [-0.25, -0.2) is 17.9 Å². The van der Waals surface area contributed by atoms with E-state index in [1.165, 1.54) is 57.6 Å². The van der Waals surface area contributed by atoms with Crippen molar-refractivity contribution in [2.45, 2.75) is 195 Å². The van der Waals surface area contributed by atoms with Gasteiger partial charge in [-0.2, -0.15) is 0 Å². The summed E-state index contributed by atoms with van der Waals surface area (Å²) in [5.74, 6) is -6.37. The zero-order valence-corrected chi connectivity index (χ0v) is 57.9. The number of carbonyl (C=O) groups excluding carboxylic acids is 10. The molecule has 2 aliphatic rings. The summed E-state index contributed by atoms with van der Waals surface area (Å²) in [6.07, 6.45) is 2.95. The molecule has 0 aromatic heterocycles. The minimum atomic E-state index is -4.53. The summed E-state index contributed by atoms with van der Waals surface area (Å²) in [6, 6.07) is -0.691. The van der Waals surface area contributed by atoms with E-state index >= 15 is 0 Å². The molecule has 0 spiro atoms. The molecule has 0 radical (unpaired) electrons. The summed E-state index contributed by atoms with van der Waals surface area (Å²) >= 11 is 0. The molecule has 1 unspecified atom stereocenters. The first-order valence-corrected chi connectivity index (χ1v) is 33.2. The number of methoxy groups -OCH3 is 2. The number of anilines is 1. The van der Waals surface area contributed by atoms with E-state index in [9.17, 15) is 56.4 Å². The van der Waals surface area contributed by atoms with Crippen LogP contribution in [0, 0.1) is 40.4 Å². The molecule has 3 rings (SSSR count). The van der Waals surface area contributed by atoms with Crippen LogP contribution in [0.5, 0.6) is 0 Å². The van der Waals surface area contributed by atoms with Gasteiger partial charge in [-0.05, 0) is 99.6 Å². The lowest BCUT2D eigenvalue weighted by Gasteiger charge is -2.41. The minimum Gasteiger partial charge on any atom is -0.380 e. The van der Waals surface area contributed by atoms with E-state index in [1.807, 2.05) is 88.2 Å². The van der Waals surface area contributed by atoms with Crippen LogP contribution in [-0.4, -0.2) is 204 Å². The van der Waals surface area contributed by atoms with E-state index in [2.05, 4.69) is 31.3 Å². The highest BCUT2D eigenvalue weighted by atomic mass is 32.2. The lowest BCUT2D eigenvalue weighted by atomic mass is 9.84. The molecule has 91 heavy (non-hydrogen) atoms. The molecule has 514 valence electrons. The Hall–Kier alpha value is -6.55. The zero-order valence-electron chi connectivity index (χ0n) is 57.1. The molecule has 27 heteroatoms. The number of hydrogen-bond acceptors (Lipinski definition) is 16. The maximum atomic E-state index is 14.5. The topological polar surface area (TPSA) is 344 Å². The molecule has 11 atom stereocenters. The van der Waals surface area contributed by atoms with Gasteiger partial charge in [-0.15, -0.1) is 0 Å². The number of rotatable bonds is 38. The van der Waals surface area contributed by atoms with Gasteiger partial charge >= 0.3 is 6.03 Å². The smallest absolute Gasteiger partial charge is 0.312 e. The fourth-order valence-electron chi connectivity index (χ4n) is 11.7. The Bertz CT molecular complexity index is 2790. The Morgan fingerprint density at radius 1 is 0.769 bits per heavy atom.